The van der Waals surface area contributed by atoms with Crippen LogP contribution < -0.4 is 19.7 Å². The molecule has 2 N–H and O–H groups in total. The highest BCUT2D eigenvalue weighted by molar-refractivity contribution is 7.92. The number of sulfonamides is 1. The molecule has 0 aromatic heterocycles. The molecule has 0 aliphatic carbocycles. The van der Waals surface area contributed by atoms with Gasteiger partial charge in [-0.3, -0.25) is 14.3 Å². The molecule has 1 unspecified atom stereocenters. The molecule has 0 bridgehead atoms. The zero-order valence-corrected chi connectivity index (χ0v) is 24.1. The van der Waals surface area contributed by atoms with Gasteiger partial charge in [-0.15, -0.1) is 0 Å². The van der Waals surface area contributed by atoms with Crippen LogP contribution in [0.5, 0.6) is 5.75 Å². The van der Waals surface area contributed by atoms with Gasteiger partial charge in [0.1, 0.15) is 5.75 Å². The lowest BCUT2D eigenvalue weighted by Gasteiger charge is -2.34. The molecule has 1 heterocycles. The fourth-order valence-electron chi connectivity index (χ4n) is 4.75. The van der Waals surface area contributed by atoms with E-state index in [4.69, 9.17) is 4.74 Å². The Labute approximate surface area is 246 Å². The number of carbonyl (C=O) groups is 2. The van der Waals surface area contributed by atoms with E-state index >= 15 is 0 Å². The number of amides is 2. The number of nitrogens with zero attached hydrogens (tertiary/aromatic N) is 1. The molecule has 2 amide bonds. The van der Waals surface area contributed by atoms with E-state index in [1.807, 2.05) is 55.5 Å². The molecule has 9 heteroatoms. The Bertz CT molecular complexity index is 1640. The van der Waals surface area contributed by atoms with Crippen LogP contribution in [0.25, 0.3) is 0 Å². The van der Waals surface area contributed by atoms with Gasteiger partial charge in [0.15, 0.2) is 6.10 Å². The van der Waals surface area contributed by atoms with Crippen LogP contribution in [0.15, 0.2) is 108 Å². The molecule has 4 aromatic rings. The van der Waals surface area contributed by atoms with Gasteiger partial charge in [0.2, 0.25) is 5.91 Å². The molecule has 5 rings (SSSR count). The fraction of sp³-hybridized carbons (Fsp3) is 0.212. The zero-order valence-electron chi connectivity index (χ0n) is 23.3. The SMILES string of the molecule is Cc1ccc(NS(=O)(=O)c2ccc(CCC(=O)N3CC(C(=O)NCCc4ccccc4)Oc4ccccc43)cc2)cc1. The average molecular weight is 584 g/mol. The van der Waals surface area contributed by atoms with Crippen LogP contribution >= 0.6 is 0 Å². The van der Waals surface area contributed by atoms with Crippen molar-refractivity contribution < 1.29 is 22.7 Å². The summed E-state index contributed by atoms with van der Waals surface area (Å²) in [5, 5.41) is 2.93. The van der Waals surface area contributed by atoms with Crippen molar-refractivity contribution in [3.8, 4) is 5.75 Å². The van der Waals surface area contributed by atoms with Crippen molar-refractivity contribution in [2.24, 2.45) is 0 Å². The van der Waals surface area contributed by atoms with Gasteiger partial charge in [0, 0.05) is 18.7 Å². The number of aryl methyl sites for hydroxylation is 2. The van der Waals surface area contributed by atoms with Crippen LogP contribution in [0, 0.1) is 6.92 Å². The van der Waals surface area contributed by atoms with Crippen LogP contribution in [0.4, 0.5) is 11.4 Å². The van der Waals surface area contributed by atoms with Crippen molar-refractivity contribution in [2.45, 2.75) is 37.2 Å². The molecule has 1 aliphatic heterocycles. The van der Waals surface area contributed by atoms with Crippen LogP contribution in [0.3, 0.4) is 0 Å². The number of benzene rings is 4. The number of para-hydroxylation sites is 2. The second kappa shape index (κ2) is 12.9. The summed E-state index contributed by atoms with van der Waals surface area (Å²) >= 11 is 0. The monoisotopic (exact) mass is 583 g/mol. The molecule has 0 spiro atoms. The molecule has 4 aromatic carbocycles. The van der Waals surface area contributed by atoms with Crippen molar-refractivity contribution in [1.29, 1.82) is 0 Å². The van der Waals surface area contributed by atoms with Crippen molar-refractivity contribution in [3.05, 3.63) is 120 Å². The summed E-state index contributed by atoms with van der Waals surface area (Å²) < 4.78 is 34.1. The number of carbonyl (C=O) groups excluding carboxylic acids is 2. The Morgan fingerprint density at radius 1 is 0.833 bits per heavy atom. The summed E-state index contributed by atoms with van der Waals surface area (Å²) in [6.45, 7) is 2.50. The smallest absolute Gasteiger partial charge is 0.262 e. The first-order chi connectivity index (χ1) is 20.3. The standard InChI is InChI=1S/C33H33N3O5S/c1-24-11-16-27(17-12-24)35-42(39,40)28-18-13-26(14-19-28)15-20-32(37)36-23-31(41-30-10-6-5-9-29(30)36)33(38)34-22-21-25-7-3-2-4-8-25/h2-14,16-19,31,35H,15,20-23H2,1H3,(H,34,38). The van der Waals surface area contributed by atoms with Gasteiger partial charge in [-0.05, 0) is 67.3 Å². The summed E-state index contributed by atoms with van der Waals surface area (Å²) in [4.78, 5) is 28.1. The van der Waals surface area contributed by atoms with E-state index in [-0.39, 0.29) is 29.7 Å². The predicted octanol–water partition coefficient (Wildman–Crippen LogP) is 4.88. The zero-order chi connectivity index (χ0) is 29.5. The van der Waals surface area contributed by atoms with Crippen LogP contribution in [-0.2, 0) is 32.5 Å². The number of nitrogens with one attached hydrogen (secondary N) is 2. The van der Waals surface area contributed by atoms with E-state index in [2.05, 4.69) is 10.0 Å². The third kappa shape index (κ3) is 7.16. The molecular weight excluding hydrogens is 550 g/mol. The van der Waals surface area contributed by atoms with E-state index in [0.29, 0.717) is 36.5 Å². The Morgan fingerprint density at radius 3 is 2.24 bits per heavy atom. The van der Waals surface area contributed by atoms with Crippen LogP contribution in [0.2, 0.25) is 0 Å². The first-order valence-electron chi connectivity index (χ1n) is 13.8. The summed E-state index contributed by atoms with van der Waals surface area (Å²) in [5.74, 6) is 0.0656. The summed E-state index contributed by atoms with van der Waals surface area (Å²) in [7, 11) is -3.74. The predicted molar refractivity (Wildman–Crippen MR) is 163 cm³/mol. The van der Waals surface area contributed by atoms with Crippen molar-refractivity contribution in [1.82, 2.24) is 5.32 Å². The molecular formula is C33H33N3O5S. The Hall–Kier alpha value is -4.63. The molecule has 42 heavy (non-hydrogen) atoms. The molecule has 0 fully saturated rings. The second-order valence-electron chi connectivity index (χ2n) is 10.2. The highest BCUT2D eigenvalue weighted by Crippen LogP contribution is 2.33. The molecule has 0 radical (unpaired) electrons. The van der Waals surface area contributed by atoms with Gasteiger partial charge < -0.3 is 15.0 Å². The highest BCUT2D eigenvalue weighted by atomic mass is 32.2. The topological polar surface area (TPSA) is 105 Å². The molecule has 0 saturated heterocycles. The van der Waals surface area contributed by atoms with Gasteiger partial charge in [0.05, 0.1) is 17.1 Å². The van der Waals surface area contributed by atoms with Gasteiger partial charge in [-0.2, -0.15) is 0 Å². The number of fused-ring (bicyclic) bond motifs is 1. The maximum absolute atomic E-state index is 13.4. The molecule has 8 nitrogen and oxygen atoms in total. The average Bonchev–Trinajstić information content (AvgIpc) is 3.01. The summed E-state index contributed by atoms with van der Waals surface area (Å²) in [6.07, 6.45) is 0.466. The third-order valence-corrected chi connectivity index (χ3v) is 8.49. The van der Waals surface area contributed by atoms with Gasteiger partial charge in [0.25, 0.3) is 15.9 Å². The lowest BCUT2D eigenvalue weighted by Crippen LogP contribution is -2.51. The van der Waals surface area contributed by atoms with E-state index in [0.717, 1.165) is 16.7 Å². The van der Waals surface area contributed by atoms with Crippen LogP contribution in [0.1, 0.15) is 23.1 Å². The molecule has 0 saturated carbocycles. The highest BCUT2D eigenvalue weighted by Gasteiger charge is 2.33. The number of rotatable bonds is 10. The summed E-state index contributed by atoms with van der Waals surface area (Å²) in [5.41, 5.74) is 4.10. The number of hydrogen-bond acceptors (Lipinski definition) is 5. The lowest BCUT2D eigenvalue weighted by molar-refractivity contribution is -0.128. The third-order valence-electron chi connectivity index (χ3n) is 7.09. The quantitative estimate of drug-likeness (QED) is 0.277. The fourth-order valence-corrected chi connectivity index (χ4v) is 5.81. The van der Waals surface area contributed by atoms with Gasteiger partial charge in [-0.1, -0.05) is 72.3 Å². The minimum absolute atomic E-state index is 0.106. The van der Waals surface area contributed by atoms with E-state index in [1.54, 1.807) is 47.4 Å². The van der Waals surface area contributed by atoms with Crippen LogP contribution in [-0.4, -0.2) is 39.4 Å². The minimum atomic E-state index is -3.74. The largest absolute Gasteiger partial charge is 0.477 e. The number of ether oxygens (including phenoxy) is 1. The maximum atomic E-state index is 13.4. The van der Waals surface area contributed by atoms with E-state index in [9.17, 15) is 18.0 Å². The van der Waals surface area contributed by atoms with Crippen molar-refractivity contribution in [3.63, 3.8) is 0 Å². The molecule has 216 valence electrons. The van der Waals surface area contributed by atoms with Crippen molar-refractivity contribution in [2.75, 3.05) is 22.7 Å². The van der Waals surface area contributed by atoms with E-state index in [1.165, 1.54) is 12.1 Å². The minimum Gasteiger partial charge on any atom is -0.477 e. The van der Waals surface area contributed by atoms with Gasteiger partial charge in [-0.25, -0.2) is 8.42 Å². The Balaban J connectivity index is 1.19. The first kappa shape index (κ1) is 28.9. The maximum Gasteiger partial charge on any atom is 0.262 e. The Kier molecular flexibility index (Phi) is 8.88. The van der Waals surface area contributed by atoms with Crippen molar-refractivity contribution >= 4 is 33.2 Å². The summed E-state index contributed by atoms with van der Waals surface area (Å²) in [6, 6.07) is 30.7. The number of anilines is 2. The Morgan fingerprint density at radius 2 is 1.50 bits per heavy atom. The van der Waals surface area contributed by atoms with Gasteiger partial charge >= 0.3 is 0 Å². The second-order valence-corrected chi connectivity index (χ2v) is 11.9. The normalized spacial score (nSPS) is 14.4. The molecule has 1 aliphatic rings. The van der Waals surface area contributed by atoms with E-state index < -0.39 is 16.1 Å². The lowest BCUT2D eigenvalue weighted by atomic mass is 10.1. The first-order valence-corrected chi connectivity index (χ1v) is 15.3. The molecule has 1 atom stereocenters. The number of hydrogen-bond donors (Lipinski definition) is 2.